The maximum Gasteiger partial charge on any atom is 0.169 e. The third kappa shape index (κ3) is 3.94. The molecule has 4 aromatic rings. The molecule has 0 aliphatic heterocycles. The number of hydrogen-bond donors (Lipinski definition) is 0. The minimum atomic E-state index is -0.195. The minimum absolute atomic E-state index is 0.195. The number of nitrogens with zero attached hydrogens (tertiary/aromatic N) is 2. The van der Waals surface area contributed by atoms with E-state index < -0.39 is 0 Å². The van der Waals surface area contributed by atoms with Crippen LogP contribution in [-0.2, 0) is 12.3 Å². The van der Waals surface area contributed by atoms with Crippen LogP contribution in [0.4, 0.5) is 4.39 Å². The Kier molecular flexibility index (Phi) is 5.42. The molecule has 0 aliphatic rings. The molecule has 0 saturated carbocycles. The Bertz CT molecular complexity index is 1150. The highest BCUT2D eigenvalue weighted by Crippen LogP contribution is 2.30. The van der Waals surface area contributed by atoms with Crippen molar-refractivity contribution in [3.63, 3.8) is 0 Å². The van der Waals surface area contributed by atoms with Gasteiger partial charge >= 0.3 is 0 Å². The monoisotopic (exact) mass is 410 g/mol. The standard InChI is InChI=1S/C23H20ClFN2S/c1-15-10-21-22(11-16(15)2)27(13-18-7-3-4-9-20(18)25)23(26-21)28-14-17-6-5-8-19(24)12-17/h3-12H,13-14H2,1-2H3. The summed E-state index contributed by atoms with van der Waals surface area (Å²) in [5.74, 6) is 0.554. The molecule has 28 heavy (non-hydrogen) atoms. The first kappa shape index (κ1) is 19.0. The van der Waals surface area contributed by atoms with Crippen LogP contribution in [0.3, 0.4) is 0 Å². The number of benzene rings is 3. The van der Waals surface area contributed by atoms with Crippen LogP contribution in [0.25, 0.3) is 11.0 Å². The van der Waals surface area contributed by atoms with Crippen LogP contribution in [0.5, 0.6) is 0 Å². The Balaban J connectivity index is 1.74. The first-order chi connectivity index (χ1) is 13.5. The fourth-order valence-electron chi connectivity index (χ4n) is 3.19. The summed E-state index contributed by atoms with van der Waals surface area (Å²) < 4.78 is 16.4. The largest absolute Gasteiger partial charge is 0.314 e. The average Bonchev–Trinajstić information content (AvgIpc) is 2.99. The summed E-state index contributed by atoms with van der Waals surface area (Å²) in [6.45, 7) is 4.63. The van der Waals surface area contributed by atoms with Gasteiger partial charge in [0.25, 0.3) is 0 Å². The van der Waals surface area contributed by atoms with Gasteiger partial charge in [0, 0.05) is 16.3 Å². The molecular formula is C23H20ClFN2S. The summed E-state index contributed by atoms with van der Waals surface area (Å²) in [6.07, 6.45) is 0. The van der Waals surface area contributed by atoms with E-state index in [1.165, 1.54) is 17.2 Å². The van der Waals surface area contributed by atoms with Crippen LogP contribution in [0, 0.1) is 19.7 Å². The van der Waals surface area contributed by atoms with E-state index in [1.807, 2.05) is 30.3 Å². The van der Waals surface area contributed by atoms with Gasteiger partial charge in [0.1, 0.15) is 5.82 Å². The molecule has 1 heterocycles. The van der Waals surface area contributed by atoms with E-state index in [0.29, 0.717) is 12.1 Å². The summed E-state index contributed by atoms with van der Waals surface area (Å²) >= 11 is 7.75. The first-order valence-electron chi connectivity index (χ1n) is 9.09. The third-order valence-corrected chi connectivity index (χ3v) is 6.15. The summed E-state index contributed by atoms with van der Waals surface area (Å²) in [5.41, 5.74) is 6.16. The van der Waals surface area contributed by atoms with E-state index in [0.717, 1.165) is 32.5 Å². The summed E-state index contributed by atoms with van der Waals surface area (Å²) in [6, 6.07) is 19.0. The van der Waals surface area contributed by atoms with Gasteiger partial charge in [-0.25, -0.2) is 9.37 Å². The highest BCUT2D eigenvalue weighted by Gasteiger charge is 2.15. The number of fused-ring (bicyclic) bond motifs is 1. The molecule has 142 valence electrons. The SMILES string of the molecule is Cc1cc2nc(SCc3cccc(Cl)c3)n(Cc3ccccc3F)c2cc1C. The minimum Gasteiger partial charge on any atom is -0.314 e. The summed E-state index contributed by atoms with van der Waals surface area (Å²) in [7, 11) is 0. The zero-order valence-corrected chi connectivity index (χ0v) is 17.3. The Morgan fingerprint density at radius 1 is 1.00 bits per heavy atom. The van der Waals surface area contributed by atoms with E-state index in [-0.39, 0.29) is 5.82 Å². The zero-order chi connectivity index (χ0) is 19.7. The molecule has 0 bridgehead atoms. The molecule has 0 unspecified atom stereocenters. The van der Waals surface area contributed by atoms with Gasteiger partial charge < -0.3 is 4.57 Å². The normalized spacial score (nSPS) is 11.3. The molecule has 1 aromatic heterocycles. The first-order valence-corrected chi connectivity index (χ1v) is 10.5. The van der Waals surface area contributed by atoms with Gasteiger partial charge in [-0.05, 0) is 60.9 Å². The lowest BCUT2D eigenvalue weighted by molar-refractivity contribution is 0.594. The molecule has 0 saturated heterocycles. The molecule has 0 radical (unpaired) electrons. The molecule has 0 fully saturated rings. The van der Waals surface area contributed by atoms with E-state index in [9.17, 15) is 4.39 Å². The van der Waals surface area contributed by atoms with Gasteiger partial charge in [-0.2, -0.15) is 0 Å². The van der Waals surface area contributed by atoms with Gasteiger partial charge in [0.2, 0.25) is 0 Å². The van der Waals surface area contributed by atoms with Gasteiger partial charge in [-0.3, -0.25) is 0 Å². The molecule has 0 atom stereocenters. The van der Waals surface area contributed by atoms with Crippen molar-refractivity contribution in [3.8, 4) is 0 Å². The highest BCUT2D eigenvalue weighted by molar-refractivity contribution is 7.98. The van der Waals surface area contributed by atoms with Gasteiger partial charge in [-0.1, -0.05) is 53.7 Å². The lowest BCUT2D eigenvalue weighted by Crippen LogP contribution is -2.04. The van der Waals surface area contributed by atoms with Crippen LogP contribution in [0.1, 0.15) is 22.3 Å². The van der Waals surface area contributed by atoms with E-state index in [1.54, 1.807) is 17.8 Å². The molecule has 5 heteroatoms. The zero-order valence-electron chi connectivity index (χ0n) is 15.7. The second-order valence-corrected chi connectivity index (χ2v) is 8.29. The van der Waals surface area contributed by atoms with E-state index in [2.05, 4.69) is 36.6 Å². The molecule has 0 amide bonds. The van der Waals surface area contributed by atoms with Crippen LogP contribution >= 0.6 is 23.4 Å². The number of aryl methyl sites for hydroxylation is 2. The quantitative estimate of drug-likeness (QED) is 0.337. The van der Waals surface area contributed by atoms with Crippen molar-refractivity contribution in [2.75, 3.05) is 0 Å². The number of imidazole rings is 1. The Hall–Kier alpha value is -2.30. The van der Waals surface area contributed by atoms with Crippen molar-refractivity contribution in [2.24, 2.45) is 0 Å². The van der Waals surface area contributed by atoms with Crippen molar-refractivity contribution in [2.45, 2.75) is 31.3 Å². The topological polar surface area (TPSA) is 17.8 Å². The van der Waals surface area contributed by atoms with E-state index >= 15 is 0 Å². The van der Waals surface area contributed by atoms with Crippen molar-refractivity contribution >= 4 is 34.4 Å². The lowest BCUT2D eigenvalue weighted by Gasteiger charge is -2.11. The van der Waals surface area contributed by atoms with Gasteiger partial charge in [-0.15, -0.1) is 0 Å². The maximum absolute atomic E-state index is 14.3. The average molecular weight is 411 g/mol. The maximum atomic E-state index is 14.3. The van der Waals surface area contributed by atoms with Gasteiger partial charge in [0.15, 0.2) is 5.16 Å². The fourth-order valence-corrected chi connectivity index (χ4v) is 4.36. The second kappa shape index (κ2) is 7.98. The predicted octanol–water partition coefficient (Wildman–Crippen LogP) is 6.79. The van der Waals surface area contributed by atoms with Crippen molar-refractivity contribution in [3.05, 3.63) is 93.8 Å². The number of thioether (sulfide) groups is 1. The van der Waals surface area contributed by atoms with Crippen LogP contribution in [-0.4, -0.2) is 9.55 Å². The Morgan fingerprint density at radius 2 is 1.79 bits per heavy atom. The summed E-state index contributed by atoms with van der Waals surface area (Å²) in [5, 5.41) is 1.60. The smallest absolute Gasteiger partial charge is 0.169 e. The molecule has 0 aliphatic carbocycles. The number of hydrogen-bond acceptors (Lipinski definition) is 2. The number of rotatable bonds is 5. The van der Waals surface area contributed by atoms with Gasteiger partial charge in [0.05, 0.1) is 17.6 Å². The fraction of sp³-hybridized carbons (Fsp3) is 0.174. The van der Waals surface area contributed by atoms with Crippen molar-refractivity contribution in [1.29, 1.82) is 0 Å². The van der Waals surface area contributed by atoms with Crippen molar-refractivity contribution < 1.29 is 4.39 Å². The molecular weight excluding hydrogens is 391 g/mol. The number of halogens is 2. The molecule has 2 nitrogen and oxygen atoms in total. The Labute approximate surface area is 173 Å². The lowest BCUT2D eigenvalue weighted by atomic mass is 10.1. The number of aromatic nitrogens is 2. The molecule has 4 rings (SSSR count). The second-order valence-electron chi connectivity index (χ2n) is 6.92. The van der Waals surface area contributed by atoms with Crippen LogP contribution in [0.15, 0.2) is 65.8 Å². The molecule has 0 spiro atoms. The Morgan fingerprint density at radius 3 is 2.57 bits per heavy atom. The molecule has 0 N–H and O–H groups in total. The van der Waals surface area contributed by atoms with Crippen molar-refractivity contribution in [1.82, 2.24) is 9.55 Å². The van der Waals surface area contributed by atoms with Crippen LogP contribution in [0.2, 0.25) is 5.02 Å². The highest BCUT2D eigenvalue weighted by atomic mass is 35.5. The van der Waals surface area contributed by atoms with E-state index in [4.69, 9.17) is 16.6 Å². The predicted molar refractivity (Wildman–Crippen MR) is 116 cm³/mol. The summed E-state index contributed by atoms with van der Waals surface area (Å²) in [4.78, 5) is 4.85. The third-order valence-electron chi connectivity index (χ3n) is 4.87. The molecule has 3 aromatic carbocycles. The van der Waals surface area contributed by atoms with Crippen LogP contribution < -0.4 is 0 Å².